The molecule has 2 aromatic rings. The van der Waals surface area contributed by atoms with E-state index in [0.717, 1.165) is 4.31 Å². The van der Waals surface area contributed by atoms with E-state index in [9.17, 15) is 17.2 Å². The smallest absolute Gasteiger partial charge is 0.249 e. The average molecular weight is 368 g/mol. The summed E-state index contributed by atoms with van der Waals surface area (Å²) in [5, 5.41) is 12.7. The minimum atomic E-state index is -4.42. The lowest BCUT2D eigenvalue weighted by molar-refractivity contribution is -0.00271. The van der Waals surface area contributed by atoms with Crippen molar-refractivity contribution in [2.45, 2.75) is 11.0 Å². The van der Waals surface area contributed by atoms with Crippen LogP contribution in [0.3, 0.4) is 0 Å². The third kappa shape index (κ3) is 3.26. The lowest BCUT2D eigenvalue weighted by Gasteiger charge is -2.31. The summed E-state index contributed by atoms with van der Waals surface area (Å²) in [6, 6.07) is 2.99. The van der Waals surface area contributed by atoms with Crippen molar-refractivity contribution in [2.24, 2.45) is 7.05 Å². The maximum atomic E-state index is 14.1. The van der Waals surface area contributed by atoms with Gasteiger partial charge < -0.3 is 4.74 Å². The first kappa shape index (κ1) is 17.5. The predicted octanol–water partition coefficient (Wildman–Crippen LogP) is 1.33. The molecule has 1 aliphatic heterocycles. The minimum Gasteiger partial charge on any atom is -0.371 e. The van der Waals surface area contributed by atoms with Gasteiger partial charge in [-0.25, -0.2) is 17.2 Å². The summed E-state index contributed by atoms with van der Waals surface area (Å²) in [4.78, 5) is -1.06. The number of morpholine rings is 1. The van der Waals surface area contributed by atoms with E-state index in [1.807, 2.05) is 0 Å². The molecule has 3 rings (SSSR count). The lowest BCUT2D eigenvalue weighted by atomic mass is 10.2. The largest absolute Gasteiger partial charge is 0.371 e. The van der Waals surface area contributed by atoms with Crippen molar-refractivity contribution in [3.05, 3.63) is 47.3 Å². The van der Waals surface area contributed by atoms with Gasteiger partial charge in [-0.2, -0.15) is 14.7 Å². The van der Waals surface area contributed by atoms with Gasteiger partial charge in [0, 0.05) is 31.9 Å². The number of ether oxygens (including phenoxy) is 1. The highest BCUT2D eigenvalue weighted by Crippen LogP contribution is 2.29. The van der Waals surface area contributed by atoms with Crippen molar-refractivity contribution in [3.63, 3.8) is 0 Å². The van der Waals surface area contributed by atoms with Gasteiger partial charge in [0.1, 0.15) is 11.6 Å². The number of hydrogen-bond acceptors (Lipinski definition) is 5. The first-order chi connectivity index (χ1) is 11.8. The van der Waals surface area contributed by atoms with Crippen molar-refractivity contribution in [1.82, 2.24) is 14.1 Å². The van der Waals surface area contributed by atoms with Crippen LogP contribution in [0.5, 0.6) is 0 Å². The summed E-state index contributed by atoms with van der Waals surface area (Å²) in [5.74, 6) is -2.58. The molecule has 1 aliphatic rings. The second-order valence-electron chi connectivity index (χ2n) is 5.55. The Kier molecular flexibility index (Phi) is 4.55. The number of nitrogens with zero attached hydrogens (tertiary/aromatic N) is 4. The van der Waals surface area contributed by atoms with Gasteiger partial charge in [0.15, 0.2) is 4.90 Å². The van der Waals surface area contributed by atoms with E-state index in [2.05, 4.69) is 5.10 Å². The number of halogens is 2. The Morgan fingerprint density at radius 1 is 1.36 bits per heavy atom. The number of benzene rings is 1. The zero-order valence-corrected chi connectivity index (χ0v) is 14.0. The Morgan fingerprint density at radius 3 is 2.60 bits per heavy atom. The maximum absolute atomic E-state index is 14.1. The van der Waals surface area contributed by atoms with E-state index >= 15 is 0 Å². The molecule has 1 unspecified atom stereocenters. The van der Waals surface area contributed by atoms with E-state index in [-0.39, 0.29) is 25.3 Å². The zero-order chi connectivity index (χ0) is 18.2. The van der Waals surface area contributed by atoms with Crippen molar-refractivity contribution in [2.75, 3.05) is 19.7 Å². The summed E-state index contributed by atoms with van der Waals surface area (Å²) in [5.41, 5.74) is 0.382. The highest BCUT2D eigenvalue weighted by molar-refractivity contribution is 7.89. The quantitative estimate of drug-likeness (QED) is 0.816. The van der Waals surface area contributed by atoms with Gasteiger partial charge in [-0.05, 0) is 12.1 Å². The molecule has 10 heteroatoms. The third-order valence-electron chi connectivity index (χ3n) is 3.85. The Hall–Kier alpha value is -2.35. The number of rotatable bonds is 3. The molecule has 1 aromatic carbocycles. The minimum absolute atomic E-state index is 0.0298. The van der Waals surface area contributed by atoms with E-state index in [0.29, 0.717) is 17.7 Å². The number of sulfonamides is 1. The van der Waals surface area contributed by atoms with E-state index in [1.54, 1.807) is 30.2 Å². The molecule has 132 valence electrons. The molecule has 0 amide bonds. The van der Waals surface area contributed by atoms with Crippen molar-refractivity contribution >= 4 is 10.0 Å². The molecule has 7 nitrogen and oxygen atoms in total. The molecule has 0 spiro atoms. The molecular weight excluding hydrogens is 354 g/mol. The van der Waals surface area contributed by atoms with Crippen LogP contribution in [0.15, 0.2) is 29.4 Å². The topological polar surface area (TPSA) is 88.2 Å². The van der Waals surface area contributed by atoms with E-state index in [1.165, 1.54) is 0 Å². The fraction of sp³-hybridized carbons (Fsp3) is 0.333. The average Bonchev–Trinajstić information content (AvgIpc) is 3.00. The standard InChI is InChI=1S/C15H14F2N4O3S/c1-20-8-11(7-19-20)14-9-21(2-3-24-14)25(22,23)15-12(16)4-10(6-18)5-13(15)17/h4-5,7-8,14H,2-3,9H2,1H3. The maximum Gasteiger partial charge on any atom is 0.249 e. The molecular formula is C15H14F2N4O3S. The van der Waals surface area contributed by atoms with Gasteiger partial charge in [-0.1, -0.05) is 0 Å². The molecule has 0 aliphatic carbocycles. The lowest BCUT2D eigenvalue weighted by Crippen LogP contribution is -2.42. The van der Waals surface area contributed by atoms with Crippen LogP contribution in [-0.4, -0.2) is 42.2 Å². The summed E-state index contributed by atoms with van der Waals surface area (Å²) in [7, 11) is -2.71. The first-order valence-corrected chi connectivity index (χ1v) is 8.76. The molecule has 1 saturated heterocycles. The molecule has 0 saturated carbocycles. The summed E-state index contributed by atoms with van der Waals surface area (Å²) in [6.45, 7) is -0.0385. The highest BCUT2D eigenvalue weighted by Gasteiger charge is 2.35. The predicted molar refractivity (Wildman–Crippen MR) is 81.7 cm³/mol. The number of nitriles is 1. The summed E-state index contributed by atoms with van der Waals surface area (Å²) in [6.07, 6.45) is 2.65. The molecule has 1 atom stereocenters. The fourth-order valence-electron chi connectivity index (χ4n) is 2.65. The molecule has 2 heterocycles. The zero-order valence-electron chi connectivity index (χ0n) is 13.2. The van der Waals surface area contributed by atoms with Gasteiger partial charge in [0.05, 0.1) is 30.5 Å². The molecule has 25 heavy (non-hydrogen) atoms. The molecule has 0 bridgehead atoms. The van der Waals surface area contributed by atoms with Crippen LogP contribution in [0.25, 0.3) is 0 Å². The second-order valence-corrected chi connectivity index (χ2v) is 7.43. The third-order valence-corrected chi connectivity index (χ3v) is 5.77. The van der Waals surface area contributed by atoms with Gasteiger partial charge in [0.2, 0.25) is 10.0 Å². The van der Waals surface area contributed by atoms with Crippen LogP contribution in [0.4, 0.5) is 8.78 Å². The van der Waals surface area contributed by atoms with Crippen LogP contribution in [0.2, 0.25) is 0 Å². The Balaban J connectivity index is 1.94. The first-order valence-electron chi connectivity index (χ1n) is 7.32. The SMILES string of the molecule is Cn1cc(C2CN(S(=O)(=O)c3c(F)cc(C#N)cc3F)CCO2)cn1. The molecule has 0 N–H and O–H groups in total. The van der Waals surface area contributed by atoms with E-state index in [4.69, 9.17) is 10.00 Å². The molecule has 0 radical (unpaired) electrons. The van der Waals surface area contributed by atoms with Gasteiger partial charge in [0.25, 0.3) is 0 Å². The number of aromatic nitrogens is 2. The van der Waals surface area contributed by atoms with Crippen LogP contribution < -0.4 is 0 Å². The normalized spacial score (nSPS) is 18.9. The van der Waals surface area contributed by atoms with Crippen LogP contribution in [-0.2, 0) is 21.8 Å². The van der Waals surface area contributed by atoms with Crippen molar-refractivity contribution in [3.8, 4) is 6.07 Å². The van der Waals surface area contributed by atoms with Crippen LogP contribution in [0, 0.1) is 23.0 Å². The second kappa shape index (κ2) is 6.51. The highest BCUT2D eigenvalue weighted by atomic mass is 32.2. The van der Waals surface area contributed by atoms with Crippen molar-refractivity contribution < 1.29 is 21.9 Å². The van der Waals surface area contributed by atoms with Crippen LogP contribution >= 0.6 is 0 Å². The molecule has 1 aromatic heterocycles. The van der Waals surface area contributed by atoms with Gasteiger partial charge in [-0.15, -0.1) is 0 Å². The van der Waals surface area contributed by atoms with Gasteiger partial charge in [-0.3, -0.25) is 4.68 Å². The fourth-order valence-corrected chi connectivity index (χ4v) is 4.17. The Morgan fingerprint density at radius 2 is 2.04 bits per heavy atom. The van der Waals surface area contributed by atoms with Gasteiger partial charge >= 0.3 is 0 Å². The summed E-state index contributed by atoms with van der Waals surface area (Å²) >= 11 is 0. The number of hydrogen-bond donors (Lipinski definition) is 0. The monoisotopic (exact) mass is 368 g/mol. The van der Waals surface area contributed by atoms with E-state index < -0.39 is 32.7 Å². The van der Waals surface area contributed by atoms with Crippen molar-refractivity contribution in [1.29, 1.82) is 5.26 Å². The molecule has 1 fully saturated rings. The Labute approximate surface area is 143 Å². The Bertz CT molecular complexity index is 929. The summed E-state index contributed by atoms with van der Waals surface area (Å²) < 4.78 is 61.7. The number of aryl methyl sites for hydroxylation is 1. The van der Waals surface area contributed by atoms with Crippen LogP contribution in [0.1, 0.15) is 17.2 Å².